The predicted octanol–water partition coefficient (Wildman–Crippen LogP) is 1.63. The lowest BCUT2D eigenvalue weighted by Gasteiger charge is -2.39. The quantitative estimate of drug-likeness (QED) is 0.518. The summed E-state index contributed by atoms with van der Waals surface area (Å²) in [4.78, 5) is 16.1. The van der Waals surface area contributed by atoms with E-state index in [4.69, 9.17) is 4.99 Å². The minimum Gasteiger partial charge on any atom is -0.357 e. The number of piperazine rings is 1. The highest BCUT2D eigenvalue weighted by molar-refractivity contribution is 5.80. The summed E-state index contributed by atoms with van der Waals surface area (Å²) in [6, 6.07) is 3.77. The van der Waals surface area contributed by atoms with Gasteiger partial charge >= 0.3 is 0 Å². The topological polar surface area (TPSA) is 59.0 Å². The Bertz CT molecular complexity index is 688. The second-order valence-electron chi connectivity index (χ2n) is 8.76. The first-order valence-electron chi connectivity index (χ1n) is 11.3. The summed E-state index contributed by atoms with van der Waals surface area (Å²) >= 11 is 0. The van der Waals surface area contributed by atoms with E-state index in [9.17, 15) is 4.39 Å². The molecule has 1 aromatic rings. The molecule has 2 N–H and O–H groups in total. The first-order valence-corrected chi connectivity index (χ1v) is 11.3. The fraction of sp³-hybridized carbons (Fsp3) is 0.727. The minimum atomic E-state index is -0.259. The maximum Gasteiger partial charge on any atom is 0.191 e. The number of anilines is 1. The van der Waals surface area contributed by atoms with Crippen molar-refractivity contribution in [3.63, 3.8) is 0 Å². The van der Waals surface area contributed by atoms with Crippen LogP contribution in [-0.4, -0.2) is 92.2 Å². The Morgan fingerprint density at radius 2 is 2.03 bits per heavy atom. The van der Waals surface area contributed by atoms with Gasteiger partial charge in [-0.05, 0) is 38.4 Å². The van der Waals surface area contributed by atoms with Gasteiger partial charge in [-0.25, -0.2) is 9.37 Å². The summed E-state index contributed by atoms with van der Waals surface area (Å²) < 4.78 is 14.1. The molecule has 30 heavy (non-hydrogen) atoms. The number of hydrogen-bond donors (Lipinski definition) is 2. The summed E-state index contributed by atoms with van der Waals surface area (Å²) in [6.45, 7) is 14.2. The van der Waals surface area contributed by atoms with Crippen LogP contribution in [0.15, 0.2) is 23.3 Å². The number of guanidine groups is 1. The Morgan fingerprint density at radius 1 is 1.27 bits per heavy atom. The molecule has 2 fully saturated rings. The van der Waals surface area contributed by atoms with Crippen molar-refractivity contribution in [2.45, 2.75) is 39.3 Å². The second-order valence-corrected chi connectivity index (χ2v) is 8.76. The third-order valence-electron chi connectivity index (χ3n) is 6.12. The van der Waals surface area contributed by atoms with E-state index in [1.807, 2.05) is 4.90 Å². The Kier molecular flexibility index (Phi) is 8.27. The molecule has 0 aliphatic carbocycles. The van der Waals surface area contributed by atoms with E-state index >= 15 is 0 Å². The van der Waals surface area contributed by atoms with E-state index in [1.54, 1.807) is 12.3 Å². The smallest absolute Gasteiger partial charge is 0.191 e. The maximum absolute atomic E-state index is 14.1. The highest BCUT2D eigenvalue weighted by atomic mass is 19.1. The number of nitrogens with one attached hydrogen (secondary N) is 2. The monoisotopic (exact) mass is 419 g/mol. The van der Waals surface area contributed by atoms with E-state index in [0.29, 0.717) is 17.8 Å². The van der Waals surface area contributed by atoms with Gasteiger partial charge in [0, 0.05) is 64.1 Å². The van der Waals surface area contributed by atoms with Crippen LogP contribution in [0, 0.1) is 11.7 Å². The molecule has 2 saturated heterocycles. The summed E-state index contributed by atoms with van der Waals surface area (Å²) in [5.41, 5.74) is 0. The molecule has 168 valence electrons. The van der Waals surface area contributed by atoms with Gasteiger partial charge in [-0.2, -0.15) is 0 Å². The Balaban J connectivity index is 1.59. The van der Waals surface area contributed by atoms with Crippen LogP contribution in [0.2, 0.25) is 0 Å². The molecule has 3 heterocycles. The number of nitrogens with zero attached hydrogens (tertiary/aromatic N) is 5. The zero-order chi connectivity index (χ0) is 21.5. The number of rotatable bonds is 7. The molecule has 0 spiro atoms. The number of hydrogen-bond acceptors (Lipinski definition) is 5. The molecule has 2 aliphatic rings. The zero-order valence-electron chi connectivity index (χ0n) is 18.9. The van der Waals surface area contributed by atoms with Crippen LogP contribution in [0.25, 0.3) is 0 Å². The molecule has 2 aliphatic heterocycles. The molecule has 8 heteroatoms. The lowest BCUT2D eigenvalue weighted by molar-refractivity contribution is 0.0925. The number of aliphatic imine (C=N–C) groups is 1. The highest BCUT2D eigenvalue weighted by Crippen LogP contribution is 2.21. The van der Waals surface area contributed by atoms with Gasteiger partial charge in [-0.3, -0.25) is 9.89 Å². The molecular formula is C22H38FN7. The van der Waals surface area contributed by atoms with Crippen LogP contribution in [0.3, 0.4) is 0 Å². The van der Waals surface area contributed by atoms with Gasteiger partial charge in [-0.1, -0.05) is 13.8 Å². The van der Waals surface area contributed by atoms with Crippen molar-refractivity contribution in [3.8, 4) is 0 Å². The van der Waals surface area contributed by atoms with Crippen molar-refractivity contribution in [1.29, 1.82) is 0 Å². The van der Waals surface area contributed by atoms with Crippen molar-refractivity contribution < 1.29 is 4.39 Å². The van der Waals surface area contributed by atoms with Crippen LogP contribution >= 0.6 is 0 Å². The van der Waals surface area contributed by atoms with Gasteiger partial charge in [0.2, 0.25) is 0 Å². The van der Waals surface area contributed by atoms with Gasteiger partial charge < -0.3 is 20.4 Å². The third kappa shape index (κ3) is 6.04. The fourth-order valence-electron chi connectivity index (χ4n) is 4.28. The SMILES string of the molecule is CCNC(=NCC(C(C)C)N1CCN(C)CC1)NC1CCN(c2ncccc2F)C1. The molecule has 0 amide bonds. The van der Waals surface area contributed by atoms with Gasteiger partial charge in [0.1, 0.15) is 0 Å². The van der Waals surface area contributed by atoms with Crippen LogP contribution in [0.4, 0.5) is 10.2 Å². The molecule has 7 nitrogen and oxygen atoms in total. The number of halogens is 1. The van der Waals surface area contributed by atoms with Crippen molar-refractivity contribution in [1.82, 2.24) is 25.4 Å². The second kappa shape index (κ2) is 10.9. The van der Waals surface area contributed by atoms with E-state index in [0.717, 1.165) is 64.7 Å². The van der Waals surface area contributed by atoms with Crippen LogP contribution < -0.4 is 15.5 Å². The number of pyridine rings is 1. The lowest BCUT2D eigenvalue weighted by Crippen LogP contribution is -2.52. The molecule has 3 rings (SSSR count). The summed E-state index contributed by atoms with van der Waals surface area (Å²) in [5.74, 6) is 1.59. The van der Waals surface area contributed by atoms with Crippen molar-refractivity contribution in [2.24, 2.45) is 10.9 Å². The Morgan fingerprint density at radius 3 is 2.70 bits per heavy atom. The largest absolute Gasteiger partial charge is 0.357 e. The summed E-state index contributed by atoms with van der Waals surface area (Å²) in [6.07, 6.45) is 2.58. The lowest BCUT2D eigenvalue weighted by atomic mass is 10.0. The summed E-state index contributed by atoms with van der Waals surface area (Å²) in [7, 11) is 2.19. The van der Waals surface area contributed by atoms with E-state index < -0.39 is 0 Å². The molecule has 0 bridgehead atoms. The Labute approximate surface area is 180 Å². The summed E-state index contributed by atoms with van der Waals surface area (Å²) in [5, 5.41) is 6.94. The average Bonchev–Trinajstić information content (AvgIpc) is 3.18. The number of likely N-dealkylation sites (N-methyl/N-ethyl adjacent to an activating group) is 1. The van der Waals surface area contributed by atoms with E-state index in [2.05, 4.69) is 53.2 Å². The normalized spacial score (nSPS) is 22.5. The Hall–Kier alpha value is -1.93. The van der Waals surface area contributed by atoms with E-state index in [-0.39, 0.29) is 11.9 Å². The van der Waals surface area contributed by atoms with Crippen molar-refractivity contribution in [3.05, 3.63) is 24.1 Å². The molecule has 0 radical (unpaired) electrons. The van der Waals surface area contributed by atoms with Gasteiger partial charge in [0.15, 0.2) is 17.6 Å². The molecule has 2 atom stereocenters. The first kappa shape index (κ1) is 22.7. The van der Waals surface area contributed by atoms with Gasteiger partial charge in [0.25, 0.3) is 0 Å². The third-order valence-corrected chi connectivity index (χ3v) is 6.12. The minimum absolute atomic E-state index is 0.227. The maximum atomic E-state index is 14.1. The van der Waals surface area contributed by atoms with Crippen molar-refractivity contribution >= 4 is 11.8 Å². The molecule has 0 aromatic carbocycles. The fourth-order valence-corrected chi connectivity index (χ4v) is 4.28. The van der Waals surface area contributed by atoms with Crippen LogP contribution in [0.1, 0.15) is 27.2 Å². The first-order chi connectivity index (χ1) is 14.5. The molecule has 2 unspecified atom stereocenters. The van der Waals surface area contributed by atoms with Gasteiger partial charge in [0.05, 0.1) is 6.54 Å². The zero-order valence-corrected chi connectivity index (χ0v) is 18.9. The standard InChI is InChI=1S/C22H38FN7/c1-5-24-22(26-15-20(17(2)3)29-13-11-28(4)12-14-29)27-18-8-10-30(16-18)21-19(23)7-6-9-25-21/h6-7,9,17-18,20H,5,8,10-16H2,1-4H3,(H2,24,26,27). The molecule has 0 saturated carbocycles. The average molecular weight is 420 g/mol. The van der Waals surface area contributed by atoms with Crippen molar-refractivity contribution in [2.75, 3.05) is 64.3 Å². The van der Waals surface area contributed by atoms with Gasteiger partial charge in [-0.15, -0.1) is 0 Å². The van der Waals surface area contributed by atoms with Crippen LogP contribution in [-0.2, 0) is 0 Å². The predicted molar refractivity (Wildman–Crippen MR) is 122 cm³/mol. The highest BCUT2D eigenvalue weighted by Gasteiger charge is 2.27. The molecule has 1 aromatic heterocycles. The van der Waals surface area contributed by atoms with E-state index in [1.165, 1.54) is 6.07 Å². The number of aromatic nitrogens is 1. The van der Waals surface area contributed by atoms with Crippen LogP contribution in [0.5, 0.6) is 0 Å². The molecular weight excluding hydrogens is 381 g/mol.